The van der Waals surface area contributed by atoms with E-state index in [2.05, 4.69) is 5.32 Å². The molecule has 0 bridgehead atoms. The second kappa shape index (κ2) is 8.68. The van der Waals surface area contributed by atoms with E-state index < -0.39 is 17.4 Å². The van der Waals surface area contributed by atoms with Crippen molar-refractivity contribution in [2.45, 2.75) is 13.8 Å². The molecule has 0 aliphatic carbocycles. The number of benzene rings is 4. The van der Waals surface area contributed by atoms with E-state index in [-0.39, 0.29) is 22.7 Å². The van der Waals surface area contributed by atoms with Crippen LogP contribution in [0, 0.1) is 25.5 Å². The van der Waals surface area contributed by atoms with Crippen LogP contribution in [0.2, 0.25) is 0 Å². The van der Waals surface area contributed by atoms with E-state index >= 15 is 0 Å². The van der Waals surface area contributed by atoms with E-state index in [1.807, 2.05) is 44.2 Å². The van der Waals surface area contributed by atoms with Crippen LogP contribution in [0.15, 0.2) is 88.1 Å². The molecule has 35 heavy (non-hydrogen) atoms. The van der Waals surface area contributed by atoms with Crippen molar-refractivity contribution in [3.63, 3.8) is 0 Å². The Morgan fingerprint density at radius 1 is 0.914 bits per heavy atom. The lowest BCUT2D eigenvalue weighted by Crippen LogP contribution is -2.13. The van der Waals surface area contributed by atoms with Crippen molar-refractivity contribution in [1.29, 1.82) is 0 Å². The van der Waals surface area contributed by atoms with Gasteiger partial charge in [-0.3, -0.25) is 4.79 Å². The Labute approximate surface area is 199 Å². The van der Waals surface area contributed by atoms with E-state index in [9.17, 15) is 18.4 Å². The molecule has 1 N–H and O–H groups in total. The number of para-hydroxylation sites is 1. The molecule has 0 spiro atoms. The number of amides is 1. The van der Waals surface area contributed by atoms with Gasteiger partial charge in [0.2, 0.25) is 0 Å². The van der Waals surface area contributed by atoms with Crippen molar-refractivity contribution in [2.24, 2.45) is 0 Å². The molecular formula is C28H20F2N2O3. The molecule has 5 nitrogen and oxygen atoms in total. The molecule has 1 heterocycles. The summed E-state index contributed by atoms with van der Waals surface area (Å²) < 4.78 is 34.8. The number of oxazole rings is 1. The van der Waals surface area contributed by atoms with E-state index in [1.165, 1.54) is 12.1 Å². The van der Waals surface area contributed by atoms with Gasteiger partial charge in [-0.1, -0.05) is 48.0 Å². The lowest BCUT2D eigenvalue weighted by molar-refractivity contribution is 0.102. The first-order valence-electron chi connectivity index (χ1n) is 10.9. The highest BCUT2D eigenvalue weighted by atomic mass is 19.2. The van der Waals surface area contributed by atoms with Crippen LogP contribution in [-0.4, -0.2) is 10.5 Å². The van der Waals surface area contributed by atoms with Crippen LogP contribution in [0.5, 0.6) is 0 Å². The first-order chi connectivity index (χ1) is 16.8. The summed E-state index contributed by atoms with van der Waals surface area (Å²) >= 11 is 0. The summed E-state index contributed by atoms with van der Waals surface area (Å²) in [6.45, 7) is 3.80. The van der Waals surface area contributed by atoms with Gasteiger partial charge >= 0.3 is 5.76 Å². The van der Waals surface area contributed by atoms with Crippen LogP contribution in [0.3, 0.4) is 0 Å². The number of hydrogen-bond donors (Lipinski definition) is 1. The summed E-state index contributed by atoms with van der Waals surface area (Å²) in [5.74, 6) is -3.33. The fourth-order valence-electron chi connectivity index (χ4n) is 4.03. The summed E-state index contributed by atoms with van der Waals surface area (Å²) in [5.41, 5.74) is 4.40. The molecule has 0 saturated carbocycles. The molecular weight excluding hydrogens is 450 g/mol. The molecule has 0 aliphatic rings. The lowest BCUT2D eigenvalue weighted by Gasteiger charge is -2.11. The van der Waals surface area contributed by atoms with Crippen LogP contribution in [0.1, 0.15) is 21.5 Å². The number of aromatic nitrogens is 1. The number of carbonyl (C=O) groups excluding carboxylic acids is 1. The van der Waals surface area contributed by atoms with Crippen molar-refractivity contribution in [2.75, 3.05) is 5.32 Å². The molecule has 5 aromatic rings. The Balaban J connectivity index is 1.60. The maximum Gasteiger partial charge on any atom is 0.424 e. The van der Waals surface area contributed by atoms with Crippen molar-refractivity contribution in [3.05, 3.63) is 118 Å². The fraction of sp³-hybridized carbons (Fsp3) is 0.0714. The number of halogens is 2. The highest BCUT2D eigenvalue weighted by Gasteiger charge is 2.20. The highest BCUT2D eigenvalue weighted by Crippen LogP contribution is 2.31. The van der Waals surface area contributed by atoms with Gasteiger partial charge in [0.05, 0.1) is 11.2 Å². The van der Waals surface area contributed by atoms with Crippen molar-refractivity contribution in [3.8, 4) is 16.8 Å². The quantitative estimate of drug-likeness (QED) is 0.331. The van der Waals surface area contributed by atoms with E-state index in [1.54, 1.807) is 30.3 Å². The average Bonchev–Trinajstić information content (AvgIpc) is 3.18. The van der Waals surface area contributed by atoms with E-state index in [0.29, 0.717) is 22.4 Å². The number of hydrogen-bond acceptors (Lipinski definition) is 3. The lowest BCUT2D eigenvalue weighted by atomic mass is 9.98. The number of nitrogens with zero attached hydrogens (tertiary/aromatic N) is 1. The van der Waals surface area contributed by atoms with Gasteiger partial charge in [-0.2, -0.15) is 0 Å². The van der Waals surface area contributed by atoms with Gasteiger partial charge in [0, 0.05) is 16.8 Å². The highest BCUT2D eigenvalue weighted by molar-refractivity contribution is 6.06. The molecule has 0 aliphatic heterocycles. The molecule has 5 rings (SSSR count). The molecule has 1 amide bonds. The Morgan fingerprint density at radius 3 is 2.43 bits per heavy atom. The number of nitrogens with one attached hydrogen (secondary N) is 1. The van der Waals surface area contributed by atoms with Crippen LogP contribution >= 0.6 is 0 Å². The number of anilines is 1. The van der Waals surface area contributed by atoms with Gasteiger partial charge in [0.25, 0.3) is 5.91 Å². The third kappa shape index (κ3) is 4.01. The Hall–Kier alpha value is -4.52. The molecule has 0 radical (unpaired) electrons. The second-order valence-corrected chi connectivity index (χ2v) is 8.28. The Kier molecular flexibility index (Phi) is 5.53. The first-order valence-corrected chi connectivity index (χ1v) is 10.9. The van der Waals surface area contributed by atoms with E-state index in [4.69, 9.17) is 4.42 Å². The smallest absolute Gasteiger partial charge is 0.407 e. The van der Waals surface area contributed by atoms with Crippen LogP contribution in [0.25, 0.3) is 27.9 Å². The number of rotatable bonds is 4. The summed E-state index contributed by atoms with van der Waals surface area (Å²) in [6.07, 6.45) is 0. The van der Waals surface area contributed by atoms with Gasteiger partial charge < -0.3 is 9.73 Å². The van der Waals surface area contributed by atoms with Crippen molar-refractivity contribution in [1.82, 2.24) is 4.57 Å². The molecule has 4 aromatic carbocycles. The molecule has 174 valence electrons. The minimum Gasteiger partial charge on any atom is -0.407 e. The SMILES string of the molecule is Cc1ccc(NC(=O)c2cc(-c3cccc4c3oc(=O)n4-c3cccc(F)c3F)ccc2C)cc1. The molecule has 0 atom stereocenters. The minimum absolute atomic E-state index is 0.204. The van der Waals surface area contributed by atoms with E-state index in [0.717, 1.165) is 21.8 Å². The maximum absolute atomic E-state index is 14.5. The predicted octanol–water partition coefficient (Wildman–Crippen LogP) is 6.40. The first kappa shape index (κ1) is 22.3. The molecule has 0 fully saturated rings. The monoisotopic (exact) mass is 470 g/mol. The second-order valence-electron chi connectivity index (χ2n) is 8.28. The van der Waals surface area contributed by atoms with Gasteiger partial charge in [-0.05, 0) is 61.4 Å². The summed E-state index contributed by atoms with van der Waals surface area (Å²) in [5, 5.41) is 2.89. The topological polar surface area (TPSA) is 64.2 Å². The summed E-state index contributed by atoms with van der Waals surface area (Å²) in [6, 6.07) is 21.4. The third-order valence-corrected chi connectivity index (χ3v) is 5.88. The summed E-state index contributed by atoms with van der Waals surface area (Å²) in [4.78, 5) is 25.7. The number of carbonyl (C=O) groups is 1. The minimum atomic E-state index is -1.15. The van der Waals surface area contributed by atoms with Crippen LogP contribution in [-0.2, 0) is 0 Å². The van der Waals surface area contributed by atoms with Gasteiger partial charge in [-0.25, -0.2) is 18.1 Å². The molecule has 1 aromatic heterocycles. The Bertz CT molecular complexity index is 1650. The zero-order valence-electron chi connectivity index (χ0n) is 18.9. The van der Waals surface area contributed by atoms with Crippen molar-refractivity contribution >= 4 is 22.7 Å². The zero-order chi connectivity index (χ0) is 24.7. The summed E-state index contributed by atoms with van der Waals surface area (Å²) in [7, 11) is 0. The normalized spacial score (nSPS) is 11.1. The maximum atomic E-state index is 14.5. The average molecular weight is 470 g/mol. The van der Waals surface area contributed by atoms with Crippen molar-refractivity contribution < 1.29 is 18.0 Å². The molecule has 0 saturated heterocycles. The van der Waals surface area contributed by atoms with Gasteiger partial charge in [0.1, 0.15) is 0 Å². The predicted molar refractivity (Wildman–Crippen MR) is 131 cm³/mol. The van der Waals surface area contributed by atoms with Crippen LogP contribution in [0.4, 0.5) is 14.5 Å². The molecule has 7 heteroatoms. The van der Waals surface area contributed by atoms with Gasteiger partial charge in [-0.15, -0.1) is 0 Å². The largest absolute Gasteiger partial charge is 0.424 e. The Morgan fingerprint density at radius 2 is 1.66 bits per heavy atom. The zero-order valence-corrected chi connectivity index (χ0v) is 18.9. The molecule has 0 unspecified atom stereocenters. The number of fused-ring (bicyclic) bond motifs is 1. The number of aryl methyl sites for hydroxylation is 2. The van der Waals surface area contributed by atoms with Gasteiger partial charge in [0.15, 0.2) is 17.2 Å². The fourth-order valence-corrected chi connectivity index (χ4v) is 4.03. The van der Waals surface area contributed by atoms with Crippen LogP contribution < -0.4 is 11.1 Å². The standard InChI is InChI=1S/C28H20F2N2O3/c1-16-9-13-19(14-10-16)31-27(33)21-15-18(12-11-17(21)2)20-5-3-8-24-26(20)35-28(34)32(24)23-7-4-6-22(29)25(23)30/h3-15H,1-2H3,(H,31,33). The third-order valence-electron chi connectivity index (χ3n) is 5.88.